The molecule has 7 heteroatoms. The van der Waals surface area contributed by atoms with Crippen molar-refractivity contribution in [3.8, 4) is 0 Å². The van der Waals surface area contributed by atoms with Gasteiger partial charge in [-0.15, -0.1) is 11.8 Å². The van der Waals surface area contributed by atoms with E-state index in [4.69, 9.17) is 5.73 Å². The number of carbonyl (C=O) groups is 3. The summed E-state index contributed by atoms with van der Waals surface area (Å²) >= 11 is 1.37. The Hall–Kier alpha value is -2.80. The fourth-order valence-corrected chi connectivity index (χ4v) is 3.06. The summed E-state index contributed by atoms with van der Waals surface area (Å²) in [6.07, 6.45) is 1.93. The number of amides is 3. The minimum absolute atomic E-state index is 0.0675. The number of hydrogen-bond acceptors (Lipinski definition) is 4. The lowest BCUT2D eigenvalue weighted by Crippen LogP contribution is -2.19. The molecule has 0 bridgehead atoms. The average Bonchev–Trinajstić information content (AvgIpc) is 3.46. The summed E-state index contributed by atoms with van der Waals surface area (Å²) in [5.74, 6) is -0.387. The van der Waals surface area contributed by atoms with Crippen molar-refractivity contribution in [3.63, 3.8) is 0 Å². The summed E-state index contributed by atoms with van der Waals surface area (Å²) in [4.78, 5) is 36.1. The molecule has 0 heterocycles. The van der Waals surface area contributed by atoms with E-state index in [1.807, 2.05) is 24.3 Å². The number of carbonyl (C=O) groups excluding carboxylic acids is 3. The molecule has 0 radical (unpaired) electrons. The largest absolute Gasteiger partial charge is 0.366 e. The summed E-state index contributed by atoms with van der Waals surface area (Å²) in [6, 6.07) is 14.0. The Balaban J connectivity index is 1.51. The van der Waals surface area contributed by atoms with E-state index < -0.39 is 5.91 Å². The van der Waals surface area contributed by atoms with Crippen LogP contribution in [0.5, 0.6) is 0 Å². The molecule has 1 saturated carbocycles. The Morgan fingerprint density at radius 3 is 2.35 bits per heavy atom. The van der Waals surface area contributed by atoms with Crippen molar-refractivity contribution in [1.29, 1.82) is 0 Å². The monoisotopic (exact) mass is 369 g/mol. The van der Waals surface area contributed by atoms with Crippen molar-refractivity contribution in [1.82, 2.24) is 0 Å². The highest BCUT2D eigenvalue weighted by Crippen LogP contribution is 2.30. The lowest BCUT2D eigenvalue weighted by Gasteiger charge is -2.09. The number of primary amides is 1. The molecular weight excluding hydrogens is 350 g/mol. The fraction of sp³-hybridized carbons (Fsp3) is 0.211. The van der Waals surface area contributed by atoms with Crippen LogP contribution in [0.25, 0.3) is 0 Å². The Morgan fingerprint density at radius 1 is 1.00 bits per heavy atom. The molecule has 0 aromatic heterocycles. The molecule has 0 aliphatic heterocycles. The fourth-order valence-electron chi connectivity index (χ4n) is 2.37. The molecule has 3 rings (SSSR count). The molecule has 2 aromatic rings. The van der Waals surface area contributed by atoms with Crippen LogP contribution in [-0.2, 0) is 9.59 Å². The molecule has 1 aliphatic rings. The number of hydrogen-bond donors (Lipinski definition) is 3. The standard InChI is InChI=1S/C19H19N3O3S/c20-18(24)15-3-1-2-4-16(15)22-17(23)11-26-14-9-7-13(8-10-14)21-19(25)12-5-6-12/h1-4,7-10,12H,5-6,11H2,(H2,20,24)(H,21,25)(H,22,23). The second kappa shape index (κ2) is 8.05. The van der Waals surface area contributed by atoms with Gasteiger partial charge in [0.25, 0.3) is 5.91 Å². The summed E-state index contributed by atoms with van der Waals surface area (Å²) in [5, 5.41) is 5.58. The van der Waals surface area contributed by atoms with Gasteiger partial charge in [-0.2, -0.15) is 0 Å². The summed E-state index contributed by atoms with van der Waals surface area (Å²) in [6.45, 7) is 0. The minimum atomic E-state index is -0.586. The SMILES string of the molecule is NC(=O)c1ccccc1NC(=O)CSc1ccc(NC(=O)C2CC2)cc1. The molecule has 134 valence electrons. The summed E-state index contributed by atoms with van der Waals surface area (Å²) in [7, 11) is 0. The zero-order valence-corrected chi connectivity index (χ0v) is 14.8. The van der Waals surface area contributed by atoms with Crippen LogP contribution in [0.2, 0.25) is 0 Å². The quantitative estimate of drug-likeness (QED) is 0.653. The molecule has 2 aromatic carbocycles. The average molecular weight is 369 g/mol. The van der Waals surface area contributed by atoms with Crippen LogP contribution < -0.4 is 16.4 Å². The molecule has 26 heavy (non-hydrogen) atoms. The molecule has 1 fully saturated rings. The third-order valence-electron chi connectivity index (χ3n) is 3.91. The van der Waals surface area contributed by atoms with Gasteiger partial charge in [0.15, 0.2) is 0 Å². The highest BCUT2D eigenvalue weighted by atomic mass is 32.2. The third kappa shape index (κ3) is 4.86. The van der Waals surface area contributed by atoms with Gasteiger partial charge in [-0.05, 0) is 49.2 Å². The Bertz CT molecular complexity index is 832. The number of anilines is 2. The van der Waals surface area contributed by atoms with Gasteiger partial charge < -0.3 is 16.4 Å². The van der Waals surface area contributed by atoms with Gasteiger partial charge >= 0.3 is 0 Å². The van der Waals surface area contributed by atoms with Gasteiger partial charge in [0.1, 0.15) is 0 Å². The van der Waals surface area contributed by atoms with Gasteiger partial charge in [-0.3, -0.25) is 14.4 Å². The van der Waals surface area contributed by atoms with Crippen molar-refractivity contribution >= 4 is 40.9 Å². The summed E-state index contributed by atoms with van der Waals surface area (Å²) < 4.78 is 0. The van der Waals surface area contributed by atoms with Crippen LogP contribution in [0.1, 0.15) is 23.2 Å². The summed E-state index contributed by atoms with van der Waals surface area (Å²) in [5.41, 5.74) is 6.74. The van der Waals surface area contributed by atoms with Crippen molar-refractivity contribution in [2.45, 2.75) is 17.7 Å². The van der Waals surface area contributed by atoms with Crippen LogP contribution >= 0.6 is 11.8 Å². The Kier molecular flexibility index (Phi) is 5.58. The van der Waals surface area contributed by atoms with Crippen LogP contribution in [0.3, 0.4) is 0 Å². The van der Waals surface area contributed by atoms with Crippen molar-refractivity contribution in [3.05, 3.63) is 54.1 Å². The van der Waals surface area contributed by atoms with Crippen molar-refractivity contribution in [2.24, 2.45) is 11.7 Å². The first kappa shape index (κ1) is 18.0. The zero-order chi connectivity index (χ0) is 18.5. The number of nitrogens with one attached hydrogen (secondary N) is 2. The second-order valence-electron chi connectivity index (χ2n) is 6.03. The van der Waals surface area contributed by atoms with E-state index in [9.17, 15) is 14.4 Å². The van der Waals surface area contributed by atoms with Crippen LogP contribution in [0, 0.1) is 5.92 Å². The molecule has 6 nitrogen and oxygen atoms in total. The van der Waals surface area contributed by atoms with Gasteiger partial charge in [-0.25, -0.2) is 0 Å². The van der Waals surface area contributed by atoms with E-state index in [1.165, 1.54) is 11.8 Å². The lowest BCUT2D eigenvalue weighted by molar-refractivity contribution is -0.117. The predicted octanol–water partition coefficient (Wildman–Crippen LogP) is 2.86. The highest BCUT2D eigenvalue weighted by Gasteiger charge is 2.29. The molecule has 4 N–H and O–H groups in total. The maximum atomic E-state index is 12.1. The lowest BCUT2D eigenvalue weighted by atomic mass is 10.1. The van der Waals surface area contributed by atoms with Crippen molar-refractivity contribution in [2.75, 3.05) is 16.4 Å². The van der Waals surface area contributed by atoms with E-state index in [1.54, 1.807) is 24.3 Å². The van der Waals surface area contributed by atoms with Gasteiger partial charge in [0, 0.05) is 16.5 Å². The van der Waals surface area contributed by atoms with E-state index in [0.717, 1.165) is 23.4 Å². The van der Waals surface area contributed by atoms with E-state index in [-0.39, 0.29) is 29.0 Å². The topological polar surface area (TPSA) is 101 Å². The molecular formula is C19H19N3O3S. The van der Waals surface area contributed by atoms with Gasteiger partial charge in [0.2, 0.25) is 11.8 Å². The van der Waals surface area contributed by atoms with Crippen LogP contribution in [-0.4, -0.2) is 23.5 Å². The number of para-hydroxylation sites is 1. The normalized spacial score (nSPS) is 13.1. The number of thioether (sulfide) groups is 1. The first-order valence-corrected chi connectivity index (χ1v) is 9.24. The molecule has 0 unspecified atom stereocenters. The smallest absolute Gasteiger partial charge is 0.250 e. The van der Waals surface area contributed by atoms with Gasteiger partial charge in [0.05, 0.1) is 17.0 Å². The number of rotatable bonds is 7. The molecule has 0 saturated heterocycles. The first-order valence-electron chi connectivity index (χ1n) is 8.25. The maximum Gasteiger partial charge on any atom is 0.250 e. The number of nitrogens with two attached hydrogens (primary N) is 1. The molecule has 0 atom stereocenters. The first-order chi connectivity index (χ1) is 12.5. The van der Waals surface area contributed by atoms with E-state index in [0.29, 0.717) is 5.69 Å². The van der Waals surface area contributed by atoms with Gasteiger partial charge in [-0.1, -0.05) is 12.1 Å². The van der Waals surface area contributed by atoms with E-state index >= 15 is 0 Å². The highest BCUT2D eigenvalue weighted by molar-refractivity contribution is 8.00. The van der Waals surface area contributed by atoms with E-state index in [2.05, 4.69) is 10.6 Å². The molecule has 1 aliphatic carbocycles. The Labute approximate surface area is 155 Å². The Morgan fingerprint density at radius 2 is 1.69 bits per heavy atom. The number of benzene rings is 2. The van der Waals surface area contributed by atoms with Crippen LogP contribution in [0.15, 0.2) is 53.4 Å². The minimum Gasteiger partial charge on any atom is -0.366 e. The second-order valence-corrected chi connectivity index (χ2v) is 7.08. The third-order valence-corrected chi connectivity index (χ3v) is 4.92. The maximum absolute atomic E-state index is 12.1. The van der Waals surface area contributed by atoms with Crippen LogP contribution in [0.4, 0.5) is 11.4 Å². The molecule has 0 spiro atoms. The zero-order valence-electron chi connectivity index (χ0n) is 14.0. The predicted molar refractivity (Wildman–Crippen MR) is 102 cm³/mol. The van der Waals surface area contributed by atoms with Crippen molar-refractivity contribution < 1.29 is 14.4 Å². The molecule has 3 amide bonds.